The lowest BCUT2D eigenvalue weighted by Crippen LogP contribution is -2.58. The normalized spacial score (nSPS) is 17.2. The number of benzene rings is 2. The molecule has 1 aliphatic carbocycles. The SMILES string of the molecule is CC(CCNC(=O)OCC1c2ccccc2-c2ccccc21)C(=O)NC1(C(=O)O)CCOCC1. The van der Waals surface area contributed by atoms with Gasteiger partial charge in [-0.3, -0.25) is 4.79 Å². The van der Waals surface area contributed by atoms with Crippen LogP contribution in [-0.2, 0) is 19.1 Å². The second kappa shape index (κ2) is 10.3. The minimum Gasteiger partial charge on any atom is -0.480 e. The number of fused-ring (bicyclic) bond motifs is 3. The third-order valence-electron chi connectivity index (χ3n) is 6.76. The summed E-state index contributed by atoms with van der Waals surface area (Å²) in [5.41, 5.74) is 3.32. The van der Waals surface area contributed by atoms with E-state index < -0.39 is 23.5 Å². The Morgan fingerprint density at radius 2 is 1.65 bits per heavy atom. The van der Waals surface area contributed by atoms with Gasteiger partial charge >= 0.3 is 12.1 Å². The van der Waals surface area contributed by atoms with Crippen molar-refractivity contribution >= 4 is 18.0 Å². The van der Waals surface area contributed by atoms with E-state index in [-0.39, 0.29) is 37.8 Å². The average molecular weight is 467 g/mol. The Kier molecular flexibility index (Phi) is 7.17. The molecular weight excluding hydrogens is 436 g/mol. The number of aliphatic carboxylic acids is 1. The molecule has 0 bridgehead atoms. The standard InChI is InChI=1S/C26H30N2O6/c1-17(23(29)28-26(24(30)31)11-14-33-15-12-26)10-13-27-25(32)34-16-22-20-8-4-2-6-18(20)19-7-3-5-9-21(19)22/h2-9,17,22H,10-16H2,1H3,(H,27,32)(H,28,29)(H,30,31). The van der Waals surface area contributed by atoms with Crippen molar-refractivity contribution in [3.63, 3.8) is 0 Å². The van der Waals surface area contributed by atoms with Crippen LogP contribution in [0.3, 0.4) is 0 Å². The van der Waals surface area contributed by atoms with Crippen LogP contribution in [0.15, 0.2) is 48.5 Å². The number of carboxylic acids is 1. The molecule has 1 saturated heterocycles. The highest BCUT2D eigenvalue weighted by Crippen LogP contribution is 2.44. The molecule has 2 amide bonds. The van der Waals surface area contributed by atoms with Gasteiger partial charge in [-0.15, -0.1) is 0 Å². The highest BCUT2D eigenvalue weighted by molar-refractivity contribution is 5.88. The van der Waals surface area contributed by atoms with Crippen molar-refractivity contribution in [1.29, 1.82) is 0 Å². The maximum atomic E-state index is 12.6. The number of ether oxygens (including phenoxy) is 2. The Hall–Kier alpha value is -3.39. The largest absolute Gasteiger partial charge is 0.480 e. The fraction of sp³-hybridized carbons (Fsp3) is 0.423. The van der Waals surface area contributed by atoms with Gasteiger partial charge in [0.1, 0.15) is 12.1 Å². The van der Waals surface area contributed by atoms with Gasteiger partial charge in [0, 0.05) is 44.4 Å². The highest BCUT2D eigenvalue weighted by Gasteiger charge is 2.42. The number of nitrogens with one attached hydrogen (secondary N) is 2. The molecule has 180 valence electrons. The molecule has 0 radical (unpaired) electrons. The quantitative estimate of drug-likeness (QED) is 0.550. The van der Waals surface area contributed by atoms with Crippen LogP contribution in [0.2, 0.25) is 0 Å². The van der Waals surface area contributed by atoms with Crippen LogP contribution >= 0.6 is 0 Å². The van der Waals surface area contributed by atoms with Crippen LogP contribution in [-0.4, -0.2) is 55.0 Å². The summed E-state index contributed by atoms with van der Waals surface area (Å²) in [7, 11) is 0. The number of rotatable bonds is 8. The molecule has 2 aliphatic rings. The summed E-state index contributed by atoms with van der Waals surface area (Å²) < 4.78 is 10.7. The van der Waals surface area contributed by atoms with Gasteiger partial charge in [-0.2, -0.15) is 0 Å². The van der Waals surface area contributed by atoms with Crippen molar-refractivity contribution in [3.05, 3.63) is 59.7 Å². The van der Waals surface area contributed by atoms with Gasteiger partial charge in [0.2, 0.25) is 5.91 Å². The number of carbonyl (C=O) groups is 3. The van der Waals surface area contributed by atoms with Crippen LogP contribution in [0.1, 0.15) is 43.2 Å². The number of hydrogen-bond donors (Lipinski definition) is 3. The van der Waals surface area contributed by atoms with Gasteiger partial charge in [0.05, 0.1) is 0 Å². The van der Waals surface area contributed by atoms with E-state index in [4.69, 9.17) is 9.47 Å². The van der Waals surface area contributed by atoms with Crippen LogP contribution in [0.25, 0.3) is 11.1 Å². The summed E-state index contributed by atoms with van der Waals surface area (Å²) >= 11 is 0. The summed E-state index contributed by atoms with van der Waals surface area (Å²) in [6.45, 7) is 2.77. The van der Waals surface area contributed by atoms with Gasteiger partial charge < -0.3 is 25.2 Å². The fourth-order valence-corrected chi connectivity index (χ4v) is 4.64. The van der Waals surface area contributed by atoms with E-state index in [1.165, 1.54) is 0 Å². The van der Waals surface area contributed by atoms with Crippen molar-refractivity contribution in [2.75, 3.05) is 26.4 Å². The van der Waals surface area contributed by atoms with E-state index in [0.717, 1.165) is 22.3 Å². The van der Waals surface area contributed by atoms with E-state index in [1.54, 1.807) is 6.92 Å². The molecular formula is C26H30N2O6. The van der Waals surface area contributed by atoms with Crippen LogP contribution in [0.4, 0.5) is 4.79 Å². The minimum atomic E-state index is -1.29. The summed E-state index contributed by atoms with van der Waals surface area (Å²) in [5, 5.41) is 15.0. The zero-order valence-electron chi connectivity index (χ0n) is 19.2. The van der Waals surface area contributed by atoms with Gasteiger partial charge in [-0.05, 0) is 28.7 Å². The average Bonchev–Trinajstić information content (AvgIpc) is 3.17. The van der Waals surface area contributed by atoms with Gasteiger partial charge in [-0.1, -0.05) is 55.5 Å². The number of amides is 2. The molecule has 1 atom stereocenters. The number of carbonyl (C=O) groups excluding carboxylic acids is 2. The lowest BCUT2D eigenvalue weighted by Gasteiger charge is -2.34. The summed E-state index contributed by atoms with van der Waals surface area (Å²) in [5.74, 6) is -1.88. The zero-order chi connectivity index (χ0) is 24.1. The molecule has 34 heavy (non-hydrogen) atoms. The van der Waals surface area contributed by atoms with E-state index in [9.17, 15) is 19.5 Å². The van der Waals surface area contributed by atoms with E-state index >= 15 is 0 Å². The maximum absolute atomic E-state index is 12.6. The molecule has 1 unspecified atom stereocenters. The lowest BCUT2D eigenvalue weighted by atomic mass is 9.89. The molecule has 2 aromatic rings. The number of alkyl carbamates (subject to hydrolysis) is 1. The van der Waals surface area contributed by atoms with Crippen LogP contribution < -0.4 is 10.6 Å². The van der Waals surface area contributed by atoms with Crippen LogP contribution in [0, 0.1) is 5.92 Å². The molecule has 0 aromatic heterocycles. The molecule has 1 heterocycles. The van der Waals surface area contributed by atoms with Crippen molar-refractivity contribution in [2.45, 2.75) is 37.6 Å². The minimum absolute atomic E-state index is 0.0190. The second-order valence-electron chi connectivity index (χ2n) is 8.93. The summed E-state index contributed by atoms with van der Waals surface area (Å²) in [6, 6.07) is 16.3. The monoisotopic (exact) mass is 466 g/mol. The first-order valence-corrected chi connectivity index (χ1v) is 11.6. The third kappa shape index (κ3) is 4.92. The zero-order valence-corrected chi connectivity index (χ0v) is 19.2. The molecule has 1 fully saturated rings. The Labute approximate surface area is 198 Å². The Balaban J connectivity index is 1.25. The predicted molar refractivity (Wildman–Crippen MR) is 125 cm³/mol. The van der Waals surface area contributed by atoms with E-state index in [1.807, 2.05) is 24.3 Å². The van der Waals surface area contributed by atoms with Crippen molar-refractivity contribution in [3.8, 4) is 11.1 Å². The topological polar surface area (TPSA) is 114 Å². The van der Waals surface area contributed by atoms with E-state index in [0.29, 0.717) is 19.6 Å². The first kappa shape index (κ1) is 23.8. The molecule has 8 nitrogen and oxygen atoms in total. The molecule has 8 heteroatoms. The Bertz CT molecular complexity index is 1020. The van der Waals surface area contributed by atoms with Crippen molar-refractivity contribution < 1.29 is 29.0 Å². The Morgan fingerprint density at radius 3 is 2.24 bits per heavy atom. The second-order valence-corrected chi connectivity index (χ2v) is 8.93. The maximum Gasteiger partial charge on any atom is 0.407 e. The first-order valence-electron chi connectivity index (χ1n) is 11.6. The molecule has 3 N–H and O–H groups in total. The van der Waals surface area contributed by atoms with Gasteiger partial charge in [0.25, 0.3) is 0 Å². The molecule has 4 rings (SSSR count). The molecule has 0 spiro atoms. The third-order valence-corrected chi connectivity index (χ3v) is 6.76. The first-order chi connectivity index (χ1) is 16.4. The molecule has 1 aliphatic heterocycles. The highest BCUT2D eigenvalue weighted by atomic mass is 16.5. The fourth-order valence-electron chi connectivity index (χ4n) is 4.64. The van der Waals surface area contributed by atoms with E-state index in [2.05, 4.69) is 34.9 Å². The predicted octanol–water partition coefficient (Wildman–Crippen LogP) is 3.30. The Morgan fingerprint density at radius 1 is 1.06 bits per heavy atom. The number of carboxylic acid groups (broad SMARTS) is 1. The van der Waals surface area contributed by atoms with Crippen molar-refractivity contribution in [2.24, 2.45) is 5.92 Å². The number of hydrogen-bond acceptors (Lipinski definition) is 5. The van der Waals surface area contributed by atoms with Gasteiger partial charge in [-0.25, -0.2) is 9.59 Å². The molecule has 2 aromatic carbocycles. The summed E-state index contributed by atoms with van der Waals surface area (Å²) in [6.07, 6.45) is 0.292. The van der Waals surface area contributed by atoms with Crippen molar-refractivity contribution in [1.82, 2.24) is 10.6 Å². The smallest absolute Gasteiger partial charge is 0.407 e. The van der Waals surface area contributed by atoms with Crippen LogP contribution in [0.5, 0.6) is 0 Å². The van der Waals surface area contributed by atoms with Gasteiger partial charge in [0.15, 0.2) is 0 Å². The summed E-state index contributed by atoms with van der Waals surface area (Å²) in [4.78, 5) is 36.6. The lowest BCUT2D eigenvalue weighted by molar-refractivity contribution is -0.152. The molecule has 0 saturated carbocycles.